The minimum atomic E-state index is -0.235. The highest BCUT2D eigenvalue weighted by Gasteiger charge is 2.04. The molecular formula is C13H19ClO2. The van der Waals surface area contributed by atoms with Crippen LogP contribution < -0.4 is 4.74 Å². The van der Waals surface area contributed by atoms with Gasteiger partial charge in [-0.2, -0.15) is 0 Å². The number of alkyl halides is 1. The molecule has 1 unspecified atom stereocenters. The summed E-state index contributed by atoms with van der Waals surface area (Å²) >= 11 is 5.57. The van der Waals surface area contributed by atoms with Crippen molar-refractivity contribution in [1.29, 1.82) is 0 Å². The monoisotopic (exact) mass is 242 g/mol. The lowest BCUT2D eigenvalue weighted by atomic mass is 10.0. The number of benzene rings is 1. The van der Waals surface area contributed by atoms with E-state index in [1.807, 2.05) is 24.3 Å². The predicted molar refractivity (Wildman–Crippen MR) is 67.3 cm³/mol. The van der Waals surface area contributed by atoms with Crippen LogP contribution in [0.3, 0.4) is 0 Å². The number of hydrogen-bond donors (Lipinski definition) is 1. The van der Waals surface area contributed by atoms with Gasteiger partial charge in [-0.25, -0.2) is 0 Å². The van der Waals surface area contributed by atoms with Crippen LogP contribution in [-0.4, -0.2) is 24.2 Å². The quantitative estimate of drug-likeness (QED) is 0.745. The molecule has 0 saturated carbocycles. The molecule has 0 aliphatic rings. The topological polar surface area (TPSA) is 29.5 Å². The summed E-state index contributed by atoms with van der Waals surface area (Å²) in [6, 6.07) is 7.96. The molecule has 1 aromatic carbocycles. The smallest absolute Gasteiger partial charge is 0.118 e. The van der Waals surface area contributed by atoms with Crippen LogP contribution >= 0.6 is 11.6 Å². The van der Waals surface area contributed by atoms with Gasteiger partial charge >= 0.3 is 0 Å². The molecule has 0 fully saturated rings. The summed E-state index contributed by atoms with van der Waals surface area (Å²) in [6.45, 7) is 0. The van der Waals surface area contributed by atoms with Crippen LogP contribution in [0.15, 0.2) is 24.3 Å². The van der Waals surface area contributed by atoms with Crippen LogP contribution in [0.1, 0.15) is 24.8 Å². The maximum atomic E-state index is 9.66. The van der Waals surface area contributed by atoms with E-state index >= 15 is 0 Å². The van der Waals surface area contributed by atoms with Crippen molar-refractivity contribution in [3.63, 3.8) is 0 Å². The molecule has 0 aromatic heterocycles. The molecule has 1 N–H and O–H groups in total. The fourth-order valence-electron chi connectivity index (χ4n) is 1.58. The second-order valence-electron chi connectivity index (χ2n) is 3.87. The SMILES string of the molecule is COc1ccc(CCC(O)CCCCl)cc1. The molecule has 0 amide bonds. The van der Waals surface area contributed by atoms with E-state index in [1.165, 1.54) is 5.56 Å². The van der Waals surface area contributed by atoms with Crippen molar-refractivity contribution in [3.8, 4) is 5.75 Å². The third-order valence-electron chi connectivity index (χ3n) is 2.60. The third-order valence-corrected chi connectivity index (χ3v) is 2.86. The van der Waals surface area contributed by atoms with E-state index in [9.17, 15) is 5.11 Å². The van der Waals surface area contributed by atoms with Crippen LogP contribution in [0.2, 0.25) is 0 Å². The molecule has 0 saturated heterocycles. The Morgan fingerprint density at radius 3 is 2.50 bits per heavy atom. The summed E-state index contributed by atoms with van der Waals surface area (Å²) in [5.74, 6) is 1.49. The fraction of sp³-hybridized carbons (Fsp3) is 0.538. The number of aliphatic hydroxyl groups excluding tert-OH is 1. The number of ether oxygens (including phenoxy) is 1. The average Bonchev–Trinajstić information content (AvgIpc) is 2.34. The maximum absolute atomic E-state index is 9.66. The van der Waals surface area contributed by atoms with E-state index in [4.69, 9.17) is 16.3 Å². The predicted octanol–water partition coefficient (Wildman–Crippen LogP) is 3.01. The summed E-state index contributed by atoms with van der Waals surface area (Å²) in [4.78, 5) is 0. The van der Waals surface area contributed by atoms with Gasteiger partial charge in [-0.1, -0.05) is 12.1 Å². The molecule has 16 heavy (non-hydrogen) atoms. The van der Waals surface area contributed by atoms with Gasteiger partial charge < -0.3 is 9.84 Å². The maximum Gasteiger partial charge on any atom is 0.118 e. The molecule has 0 aliphatic carbocycles. The summed E-state index contributed by atoms with van der Waals surface area (Å²) in [6.07, 6.45) is 3.13. The first-order valence-electron chi connectivity index (χ1n) is 5.63. The standard InChI is InChI=1S/C13H19ClO2/c1-16-13-8-5-11(6-9-13)4-7-12(15)3-2-10-14/h5-6,8-9,12,15H,2-4,7,10H2,1H3. The van der Waals surface area contributed by atoms with Crippen molar-refractivity contribution in [2.45, 2.75) is 31.8 Å². The zero-order valence-corrected chi connectivity index (χ0v) is 10.4. The molecule has 3 heteroatoms. The number of aliphatic hydroxyl groups is 1. The highest BCUT2D eigenvalue weighted by molar-refractivity contribution is 6.17. The Labute approximate surface area is 102 Å². The largest absolute Gasteiger partial charge is 0.497 e. The molecule has 1 aromatic rings. The van der Waals surface area contributed by atoms with Gasteiger partial charge in [0.05, 0.1) is 13.2 Å². The Balaban J connectivity index is 2.30. The van der Waals surface area contributed by atoms with Crippen molar-refractivity contribution in [2.75, 3.05) is 13.0 Å². The van der Waals surface area contributed by atoms with Gasteiger partial charge in [0.25, 0.3) is 0 Å². The minimum absolute atomic E-state index is 0.235. The van der Waals surface area contributed by atoms with Gasteiger partial charge in [0.1, 0.15) is 5.75 Å². The van der Waals surface area contributed by atoms with Gasteiger partial charge in [-0.3, -0.25) is 0 Å². The Morgan fingerprint density at radius 2 is 1.94 bits per heavy atom. The molecule has 0 radical (unpaired) electrons. The van der Waals surface area contributed by atoms with Gasteiger partial charge in [-0.05, 0) is 43.4 Å². The Bertz CT molecular complexity index is 284. The first-order valence-corrected chi connectivity index (χ1v) is 6.16. The van der Waals surface area contributed by atoms with Crippen molar-refractivity contribution < 1.29 is 9.84 Å². The second-order valence-corrected chi connectivity index (χ2v) is 4.25. The van der Waals surface area contributed by atoms with E-state index in [-0.39, 0.29) is 6.10 Å². The number of halogens is 1. The Morgan fingerprint density at radius 1 is 1.25 bits per heavy atom. The summed E-state index contributed by atoms with van der Waals surface area (Å²) < 4.78 is 5.08. The van der Waals surface area contributed by atoms with Crippen molar-refractivity contribution in [3.05, 3.63) is 29.8 Å². The molecular weight excluding hydrogens is 224 g/mol. The summed E-state index contributed by atoms with van der Waals surface area (Å²) in [5.41, 5.74) is 1.23. The third kappa shape index (κ3) is 4.86. The second kappa shape index (κ2) is 7.53. The number of methoxy groups -OCH3 is 1. The van der Waals surface area contributed by atoms with Crippen LogP contribution in [0.5, 0.6) is 5.75 Å². The minimum Gasteiger partial charge on any atom is -0.497 e. The van der Waals surface area contributed by atoms with E-state index in [1.54, 1.807) is 7.11 Å². The van der Waals surface area contributed by atoms with Crippen LogP contribution in [-0.2, 0) is 6.42 Å². The van der Waals surface area contributed by atoms with Crippen LogP contribution in [0.4, 0.5) is 0 Å². The number of rotatable bonds is 7. The van der Waals surface area contributed by atoms with E-state index < -0.39 is 0 Å². The van der Waals surface area contributed by atoms with E-state index in [0.717, 1.165) is 31.4 Å². The number of aryl methyl sites for hydroxylation is 1. The molecule has 1 rings (SSSR count). The van der Waals surface area contributed by atoms with Crippen LogP contribution in [0, 0.1) is 0 Å². The normalized spacial score (nSPS) is 12.4. The lowest BCUT2D eigenvalue weighted by Gasteiger charge is -2.09. The Hall–Kier alpha value is -0.730. The number of hydrogen-bond acceptors (Lipinski definition) is 2. The molecule has 0 spiro atoms. The average molecular weight is 243 g/mol. The van der Waals surface area contributed by atoms with Gasteiger partial charge in [-0.15, -0.1) is 11.6 Å². The van der Waals surface area contributed by atoms with E-state index in [2.05, 4.69) is 0 Å². The van der Waals surface area contributed by atoms with Crippen molar-refractivity contribution in [2.24, 2.45) is 0 Å². The molecule has 0 aliphatic heterocycles. The molecule has 0 bridgehead atoms. The van der Waals surface area contributed by atoms with Gasteiger partial charge in [0, 0.05) is 5.88 Å². The lowest BCUT2D eigenvalue weighted by molar-refractivity contribution is 0.154. The molecule has 1 atom stereocenters. The summed E-state index contributed by atoms with van der Waals surface area (Å²) in [5, 5.41) is 9.66. The Kier molecular flexibility index (Phi) is 6.27. The van der Waals surface area contributed by atoms with Crippen molar-refractivity contribution >= 4 is 11.6 Å². The van der Waals surface area contributed by atoms with Gasteiger partial charge in [0.2, 0.25) is 0 Å². The first kappa shape index (κ1) is 13.3. The van der Waals surface area contributed by atoms with E-state index in [0.29, 0.717) is 5.88 Å². The van der Waals surface area contributed by atoms with Crippen molar-refractivity contribution in [1.82, 2.24) is 0 Å². The molecule has 2 nitrogen and oxygen atoms in total. The highest BCUT2D eigenvalue weighted by Crippen LogP contribution is 2.14. The zero-order valence-electron chi connectivity index (χ0n) is 9.66. The molecule has 0 heterocycles. The zero-order chi connectivity index (χ0) is 11.8. The first-order chi connectivity index (χ1) is 7.76. The lowest BCUT2D eigenvalue weighted by Crippen LogP contribution is -2.08. The molecule has 90 valence electrons. The van der Waals surface area contributed by atoms with Crippen LogP contribution in [0.25, 0.3) is 0 Å². The summed E-state index contributed by atoms with van der Waals surface area (Å²) in [7, 11) is 1.66. The fourth-order valence-corrected chi connectivity index (χ4v) is 1.74. The highest BCUT2D eigenvalue weighted by atomic mass is 35.5. The van der Waals surface area contributed by atoms with Gasteiger partial charge in [0.15, 0.2) is 0 Å².